The van der Waals surface area contributed by atoms with E-state index in [1.165, 1.54) is 25.3 Å². The molecule has 2 aromatic heterocycles. The molecule has 0 unspecified atom stereocenters. The van der Waals surface area contributed by atoms with Crippen LogP contribution in [0.3, 0.4) is 0 Å². The van der Waals surface area contributed by atoms with Crippen molar-refractivity contribution >= 4 is 35.1 Å². The maximum Gasteiger partial charge on any atom is 0.573 e. The highest BCUT2D eigenvalue weighted by molar-refractivity contribution is 6.00. The van der Waals surface area contributed by atoms with E-state index in [1.807, 2.05) is 0 Å². The van der Waals surface area contributed by atoms with Gasteiger partial charge in [-0.25, -0.2) is 4.98 Å². The van der Waals surface area contributed by atoms with Crippen LogP contribution < -0.4 is 20.3 Å². The van der Waals surface area contributed by atoms with Crippen molar-refractivity contribution in [1.29, 1.82) is 0 Å². The minimum atomic E-state index is -4.79. The monoisotopic (exact) mass is 506 g/mol. The van der Waals surface area contributed by atoms with E-state index in [-0.39, 0.29) is 29.7 Å². The number of ether oxygens (including phenoxy) is 2. The number of anilines is 4. The number of amides is 1. The number of alkyl halides is 3. The van der Waals surface area contributed by atoms with E-state index in [9.17, 15) is 22.8 Å². The second-order valence-electron chi connectivity index (χ2n) is 7.76. The summed E-state index contributed by atoms with van der Waals surface area (Å²) in [6, 6.07) is 8.16. The number of nitrogens with one attached hydrogen (secondary N) is 2. The normalized spacial score (nSPS) is 14.3. The zero-order valence-corrected chi connectivity index (χ0v) is 18.9. The predicted molar refractivity (Wildman–Crippen MR) is 120 cm³/mol. The predicted octanol–water partition coefficient (Wildman–Crippen LogP) is 3.89. The summed E-state index contributed by atoms with van der Waals surface area (Å²) in [5, 5.41) is 12.7. The molecule has 190 valence electrons. The van der Waals surface area contributed by atoms with Crippen LogP contribution in [0.4, 0.5) is 36.4 Å². The Morgan fingerprint density at radius 2 is 1.75 bits per heavy atom. The van der Waals surface area contributed by atoms with Crippen LogP contribution in [0.15, 0.2) is 47.0 Å². The molecule has 1 aromatic carbocycles. The summed E-state index contributed by atoms with van der Waals surface area (Å²) in [5.41, 5.74) is 0.753. The van der Waals surface area contributed by atoms with Gasteiger partial charge in [0.1, 0.15) is 17.7 Å². The molecule has 14 heteroatoms. The summed E-state index contributed by atoms with van der Waals surface area (Å²) in [6.45, 7) is 2.77. The average Bonchev–Trinajstić information content (AvgIpc) is 3.29. The number of carbonyl (C=O) groups is 2. The third-order valence-electron chi connectivity index (χ3n) is 5.06. The highest BCUT2D eigenvalue weighted by atomic mass is 19.4. The molecule has 4 rings (SSSR count). The highest BCUT2D eigenvalue weighted by Gasteiger charge is 2.31. The van der Waals surface area contributed by atoms with E-state index in [1.54, 1.807) is 12.1 Å². The molecular weight excluding hydrogens is 485 g/mol. The van der Waals surface area contributed by atoms with Gasteiger partial charge in [-0.3, -0.25) is 9.59 Å². The first kappa shape index (κ1) is 24.8. The zero-order valence-electron chi connectivity index (χ0n) is 18.9. The van der Waals surface area contributed by atoms with Gasteiger partial charge in [0, 0.05) is 38.5 Å². The van der Waals surface area contributed by atoms with E-state index in [0.29, 0.717) is 37.3 Å². The lowest BCUT2D eigenvalue weighted by molar-refractivity contribution is -0.274. The smallest absolute Gasteiger partial charge is 0.462 e. The number of benzene rings is 1. The van der Waals surface area contributed by atoms with Gasteiger partial charge in [0.2, 0.25) is 0 Å². The molecule has 1 aliphatic heterocycles. The number of hydrogen-bond acceptors (Lipinski definition) is 10. The van der Waals surface area contributed by atoms with E-state index in [0.717, 1.165) is 18.0 Å². The fourth-order valence-electron chi connectivity index (χ4n) is 3.50. The quantitative estimate of drug-likeness (QED) is 0.455. The van der Waals surface area contributed by atoms with Crippen molar-refractivity contribution < 1.29 is 36.7 Å². The number of aromatic nitrogens is 3. The van der Waals surface area contributed by atoms with Crippen molar-refractivity contribution in [2.24, 2.45) is 0 Å². The zero-order chi connectivity index (χ0) is 25.7. The van der Waals surface area contributed by atoms with Crippen LogP contribution in [0.1, 0.15) is 30.5 Å². The fraction of sp³-hybridized carbons (Fsp3) is 0.318. The molecule has 0 radical (unpaired) electrons. The molecule has 3 aromatic rings. The number of rotatable bonds is 7. The number of hydrogen-bond donors (Lipinski definition) is 2. The van der Waals surface area contributed by atoms with Gasteiger partial charge in [-0.05, 0) is 36.4 Å². The number of nitrogens with zero attached hydrogens (tertiary/aromatic N) is 4. The van der Waals surface area contributed by atoms with E-state index < -0.39 is 12.3 Å². The molecule has 0 atom stereocenters. The Labute approximate surface area is 202 Å². The van der Waals surface area contributed by atoms with Crippen molar-refractivity contribution in [2.45, 2.75) is 32.2 Å². The molecule has 3 heterocycles. The van der Waals surface area contributed by atoms with E-state index in [4.69, 9.17) is 9.15 Å². The fourth-order valence-corrected chi connectivity index (χ4v) is 3.50. The Morgan fingerprint density at radius 3 is 2.36 bits per heavy atom. The van der Waals surface area contributed by atoms with Crippen molar-refractivity contribution in [3.8, 4) is 5.75 Å². The average molecular weight is 506 g/mol. The van der Waals surface area contributed by atoms with Crippen LogP contribution in [0.25, 0.3) is 0 Å². The number of pyridine rings is 1. The lowest BCUT2D eigenvalue weighted by atomic mass is 10.1. The number of esters is 1. The topological polar surface area (TPSA) is 132 Å². The molecule has 11 nitrogen and oxygen atoms in total. The largest absolute Gasteiger partial charge is 0.573 e. The molecule has 1 fully saturated rings. The van der Waals surface area contributed by atoms with Crippen molar-refractivity contribution in [1.82, 2.24) is 15.2 Å². The third-order valence-corrected chi connectivity index (χ3v) is 5.06. The highest BCUT2D eigenvalue weighted by Crippen LogP contribution is 2.25. The van der Waals surface area contributed by atoms with Crippen LogP contribution in [-0.4, -0.2) is 52.6 Å². The molecule has 1 saturated heterocycles. The minimum Gasteiger partial charge on any atom is -0.462 e. The Bertz CT molecular complexity index is 1190. The first-order valence-electron chi connectivity index (χ1n) is 10.8. The molecular formula is C22H21F3N6O5. The van der Waals surface area contributed by atoms with Gasteiger partial charge in [-0.15, -0.1) is 18.3 Å². The minimum absolute atomic E-state index is 0.0890. The Hall–Kier alpha value is -4.36. The van der Waals surface area contributed by atoms with Gasteiger partial charge in [0.25, 0.3) is 0 Å². The number of halogens is 3. The van der Waals surface area contributed by atoms with E-state index >= 15 is 0 Å². The summed E-state index contributed by atoms with van der Waals surface area (Å²) in [5.74, 6) is -0.938. The van der Waals surface area contributed by atoms with Gasteiger partial charge < -0.3 is 29.4 Å². The summed E-state index contributed by atoms with van der Waals surface area (Å²) in [6.07, 6.45) is -1.97. The lowest BCUT2D eigenvalue weighted by Gasteiger charge is -2.32. The Kier molecular flexibility index (Phi) is 7.22. The maximum atomic E-state index is 12.4. The van der Waals surface area contributed by atoms with E-state index in [2.05, 4.69) is 35.5 Å². The summed E-state index contributed by atoms with van der Waals surface area (Å²) >= 11 is 0. The molecule has 0 bridgehead atoms. The molecule has 0 aliphatic carbocycles. The first-order chi connectivity index (χ1) is 17.1. The van der Waals surface area contributed by atoms with Gasteiger partial charge in [0.15, 0.2) is 0 Å². The molecule has 0 saturated carbocycles. The van der Waals surface area contributed by atoms with Crippen LogP contribution in [0.5, 0.6) is 5.75 Å². The third kappa shape index (κ3) is 6.84. The number of piperidine rings is 1. The lowest BCUT2D eigenvalue weighted by Crippen LogP contribution is -2.38. The van der Waals surface area contributed by atoms with Gasteiger partial charge in [-0.2, -0.15) is 0 Å². The molecule has 2 N–H and O–H groups in total. The van der Waals surface area contributed by atoms with Gasteiger partial charge in [0.05, 0.1) is 11.9 Å². The van der Waals surface area contributed by atoms with Crippen molar-refractivity contribution in [3.05, 3.63) is 48.5 Å². The Balaban J connectivity index is 1.29. The SMILES string of the molecule is CC(=O)OC1CCN(c2ccc(NC(=O)c3nnc(Nc4ccc(OC(F)(F)F)cc4)o3)cn2)CC1. The molecule has 36 heavy (non-hydrogen) atoms. The standard InChI is InChI=1S/C22H21F3N6O5/c1-13(32)34-16-8-10-31(11-9-16)18-7-4-15(12-26-18)27-19(33)20-29-30-21(35-20)28-14-2-5-17(6-3-14)36-22(23,24)25/h2-7,12,16H,8-11H2,1H3,(H,27,33)(H,28,30). The van der Waals surface area contributed by atoms with Gasteiger partial charge >= 0.3 is 30.1 Å². The van der Waals surface area contributed by atoms with Crippen molar-refractivity contribution in [2.75, 3.05) is 28.6 Å². The van der Waals surface area contributed by atoms with Crippen LogP contribution in [0.2, 0.25) is 0 Å². The summed E-state index contributed by atoms with van der Waals surface area (Å²) in [7, 11) is 0. The van der Waals surface area contributed by atoms with Crippen molar-refractivity contribution in [3.63, 3.8) is 0 Å². The first-order valence-corrected chi connectivity index (χ1v) is 10.8. The molecule has 1 aliphatic rings. The second kappa shape index (κ2) is 10.5. The summed E-state index contributed by atoms with van der Waals surface area (Å²) < 4.78 is 51.0. The van der Waals surface area contributed by atoms with Gasteiger partial charge in [-0.1, -0.05) is 5.10 Å². The molecule has 1 amide bonds. The molecule has 0 spiro atoms. The summed E-state index contributed by atoms with van der Waals surface area (Å²) in [4.78, 5) is 29.9. The van der Waals surface area contributed by atoms with Crippen LogP contribution in [-0.2, 0) is 9.53 Å². The maximum absolute atomic E-state index is 12.4. The van der Waals surface area contributed by atoms with Crippen LogP contribution >= 0.6 is 0 Å². The number of carbonyl (C=O) groups excluding carboxylic acids is 2. The Morgan fingerprint density at radius 1 is 1.06 bits per heavy atom. The second-order valence-corrected chi connectivity index (χ2v) is 7.76. The van der Waals surface area contributed by atoms with Crippen LogP contribution in [0, 0.1) is 0 Å².